The van der Waals surface area contributed by atoms with Gasteiger partial charge in [0.1, 0.15) is 10.8 Å². The van der Waals surface area contributed by atoms with E-state index in [1.807, 2.05) is 50.1 Å². The van der Waals surface area contributed by atoms with E-state index in [0.717, 1.165) is 21.8 Å². The molecule has 0 aliphatic rings. The Morgan fingerprint density at radius 1 is 1.15 bits per heavy atom. The predicted octanol–water partition coefficient (Wildman–Crippen LogP) is 3.23. The van der Waals surface area contributed by atoms with E-state index in [1.54, 1.807) is 7.11 Å². The van der Waals surface area contributed by atoms with Gasteiger partial charge in [0, 0.05) is 11.4 Å². The Kier molecular flexibility index (Phi) is 6.76. The van der Waals surface area contributed by atoms with Crippen molar-refractivity contribution in [2.24, 2.45) is 0 Å². The number of ether oxygens (including phenoxy) is 2. The van der Waals surface area contributed by atoms with Crippen LogP contribution in [0.2, 0.25) is 0 Å². The molecule has 0 aliphatic carbocycles. The van der Waals surface area contributed by atoms with Crippen molar-refractivity contribution in [3.8, 4) is 5.75 Å². The molecular formula is C19H24N2O4S. The number of likely N-dealkylation sites (N-methyl/N-ethyl adjacent to an activating group) is 1. The lowest BCUT2D eigenvalue weighted by Crippen LogP contribution is -2.30. The zero-order valence-electron chi connectivity index (χ0n) is 15.7. The molecule has 1 heterocycles. The highest BCUT2D eigenvalue weighted by Gasteiger charge is 2.21. The SMILES string of the molecule is COC(=O)c1c(NC(=O)CN(C)Cc2ccc(OC)cc2)sc(C)c1C. The molecule has 6 nitrogen and oxygen atoms in total. The van der Waals surface area contributed by atoms with Crippen molar-refractivity contribution in [3.05, 3.63) is 45.8 Å². The molecule has 0 bridgehead atoms. The maximum atomic E-state index is 12.4. The second-order valence-corrected chi connectivity index (χ2v) is 7.27. The Morgan fingerprint density at radius 2 is 1.81 bits per heavy atom. The molecule has 0 aliphatic heterocycles. The van der Waals surface area contributed by atoms with Crippen LogP contribution >= 0.6 is 11.3 Å². The molecule has 1 aromatic heterocycles. The van der Waals surface area contributed by atoms with Crippen molar-refractivity contribution >= 4 is 28.2 Å². The van der Waals surface area contributed by atoms with Crippen LogP contribution in [-0.4, -0.2) is 44.6 Å². The molecule has 2 rings (SSSR count). The number of anilines is 1. The Balaban J connectivity index is 1.99. The first-order valence-corrected chi connectivity index (χ1v) is 8.97. The molecule has 0 atom stereocenters. The van der Waals surface area contributed by atoms with Crippen molar-refractivity contribution < 1.29 is 19.1 Å². The minimum atomic E-state index is -0.436. The summed E-state index contributed by atoms with van der Waals surface area (Å²) >= 11 is 1.38. The van der Waals surface area contributed by atoms with Gasteiger partial charge in [-0.15, -0.1) is 11.3 Å². The van der Waals surface area contributed by atoms with E-state index in [4.69, 9.17) is 9.47 Å². The maximum absolute atomic E-state index is 12.4. The summed E-state index contributed by atoms with van der Waals surface area (Å²) in [5.41, 5.74) is 2.35. The fraction of sp³-hybridized carbons (Fsp3) is 0.368. The number of thiophene rings is 1. The molecule has 7 heteroatoms. The first-order chi connectivity index (χ1) is 12.3. The van der Waals surface area contributed by atoms with Gasteiger partial charge >= 0.3 is 5.97 Å². The summed E-state index contributed by atoms with van der Waals surface area (Å²) in [7, 11) is 4.83. The van der Waals surface area contributed by atoms with Gasteiger partial charge in [-0.1, -0.05) is 12.1 Å². The van der Waals surface area contributed by atoms with Crippen LogP contribution in [0.15, 0.2) is 24.3 Å². The van der Waals surface area contributed by atoms with Crippen LogP contribution in [0.3, 0.4) is 0 Å². The second kappa shape index (κ2) is 8.82. The number of aryl methyl sites for hydroxylation is 1. The molecule has 0 spiro atoms. The van der Waals surface area contributed by atoms with E-state index in [-0.39, 0.29) is 12.5 Å². The van der Waals surface area contributed by atoms with E-state index in [0.29, 0.717) is 17.1 Å². The van der Waals surface area contributed by atoms with E-state index in [1.165, 1.54) is 18.4 Å². The third kappa shape index (κ3) is 4.83. The van der Waals surface area contributed by atoms with Gasteiger partial charge in [0.2, 0.25) is 5.91 Å². The predicted molar refractivity (Wildman–Crippen MR) is 103 cm³/mol. The van der Waals surface area contributed by atoms with Crippen LogP contribution in [-0.2, 0) is 16.1 Å². The van der Waals surface area contributed by atoms with Crippen LogP contribution < -0.4 is 10.1 Å². The summed E-state index contributed by atoms with van der Waals surface area (Å²) in [6.45, 7) is 4.61. The van der Waals surface area contributed by atoms with Crippen molar-refractivity contribution in [1.29, 1.82) is 0 Å². The molecule has 0 saturated carbocycles. The highest BCUT2D eigenvalue weighted by molar-refractivity contribution is 7.16. The molecule has 1 amide bonds. The van der Waals surface area contributed by atoms with Crippen molar-refractivity contribution in [1.82, 2.24) is 4.90 Å². The zero-order chi connectivity index (χ0) is 19.3. The molecular weight excluding hydrogens is 352 g/mol. The average Bonchev–Trinajstić information content (AvgIpc) is 2.88. The largest absolute Gasteiger partial charge is 0.497 e. The highest BCUT2D eigenvalue weighted by atomic mass is 32.1. The summed E-state index contributed by atoms with van der Waals surface area (Å²) in [4.78, 5) is 27.2. The number of rotatable bonds is 7. The van der Waals surface area contributed by atoms with Gasteiger partial charge in [-0.2, -0.15) is 0 Å². The lowest BCUT2D eigenvalue weighted by Gasteiger charge is -2.16. The number of amides is 1. The molecule has 26 heavy (non-hydrogen) atoms. The van der Waals surface area contributed by atoms with Crippen LogP contribution in [0, 0.1) is 13.8 Å². The van der Waals surface area contributed by atoms with E-state index in [9.17, 15) is 9.59 Å². The van der Waals surface area contributed by atoms with Crippen LogP contribution in [0.1, 0.15) is 26.4 Å². The third-order valence-corrected chi connectivity index (χ3v) is 5.18. The van der Waals surface area contributed by atoms with Crippen LogP contribution in [0.25, 0.3) is 0 Å². The van der Waals surface area contributed by atoms with Gasteiger partial charge in [0.15, 0.2) is 0 Å². The second-order valence-electron chi connectivity index (χ2n) is 6.05. The number of hydrogen-bond donors (Lipinski definition) is 1. The van der Waals surface area contributed by atoms with Gasteiger partial charge in [-0.05, 0) is 44.2 Å². The molecule has 0 saturated heterocycles. The number of hydrogen-bond acceptors (Lipinski definition) is 6. The smallest absolute Gasteiger partial charge is 0.341 e. The molecule has 1 N–H and O–H groups in total. The summed E-state index contributed by atoms with van der Waals surface area (Å²) in [6.07, 6.45) is 0. The van der Waals surface area contributed by atoms with Crippen molar-refractivity contribution in [2.75, 3.05) is 33.1 Å². The summed E-state index contributed by atoms with van der Waals surface area (Å²) in [5.74, 6) is 0.189. The highest BCUT2D eigenvalue weighted by Crippen LogP contribution is 2.32. The minimum Gasteiger partial charge on any atom is -0.497 e. The Morgan fingerprint density at radius 3 is 2.38 bits per heavy atom. The fourth-order valence-corrected chi connectivity index (χ4v) is 3.64. The molecule has 0 radical (unpaired) electrons. The van der Waals surface area contributed by atoms with Crippen LogP contribution in [0.5, 0.6) is 5.75 Å². The van der Waals surface area contributed by atoms with Gasteiger partial charge in [0.05, 0.1) is 26.3 Å². The molecule has 2 aromatic rings. The molecule has 140 valence electrons. The normalized spacial score (nSPS) is 10.7. The number of methoxy groups -OCH3 is 2. The average molecular weight is 376 g/mol. The zero-order valence-corrected chi connectivity index (χ0v) is 16.5. The first-order valence-electron chi connectivity index (χ1n) is 8.15. The topological polar surface area (TPSA) is 67.9 Å². The molecule has 1 aromatic carbocycles. The van der Waals surface area contributed by atoms with Gasteiger partial charge in [-0.3, -0.25) is 9.69 Å². The number of carbonyl (C=O) groups excluding carboxylic acids is 2. The number of nitrogens with zero attached hydrogens (tertiary/aromatic N) is 1. The molecule has 0 fully saturated rings. The van der Waals surface area contributed by atoms with E-state index in [2.05, 4.69) is 5.32 Å². The van der Waals surface area contributed by atoms with Crippen molar-refractivity contribution in [3.63, 3.8) is 0 Å². The standard InChI is InChI=1S/C19H24N2O4S/c1-12-13(2)26-18(17(12)19(23)25-5)20-16(22)11-21(3)10-14-6-8-15(24-4)9-7-14/h6-9H,10-11H2,1-5H3,(H,20,22). The Hall–Kier alpha value is -2.38. The Bertz CT molecular complexity index is 784. The Labute approximate surface area is 157 Å². The van der Waals surface area contributed by atoms with Crippen LogP contribution in [0.4, 0.5) is 5.00 Å². The van der Waals surface area contributed by atoms with Gasteiger partial charge in [0.25, 0.3) is 0 Å². The minimum absolute atomic E-state index is 0.174. The number of carbonyl (C=O) groups is 2. The lowest BCUT2D eigenvalue weighted by atomic mass is 10.1. The lowest BCUT2D eigenvalue weighted by molar-refractivity contribution is -0.117. The van der Waals surface area contributed by atoms with Gasteiger partial charge in [-0.25, -0.2) is 4.79 Å². The van der Waals surface area contributed by atoms with Crippen molar-refractivity contribution in [2.45, 2.75) is 20.4 Å². The number of esters is 1. The monoisotopic (exact) mass is 376 g/mol. The summed E-state index contributed by atoms with van der Waals surface area (Å²) < 4.78 is 9.97. The first kappa shape index (κ1) is 19.9. The van der Waals surface area contributed by atoms with E-state index < -0.39 is 5.97 Å². The fourth-order valence-electron chi connectivity index (χ4n) is 2.57. The maximum Gasteiger partial charge on any atom is 0.341 e. The third-order valence-electron chi connectivity index (χ3n) is 4.05. The number of benzene rings is 1. The quantitative estimate of drug-likeness (QED) is 0.752. The number of nitrogens with one attached hydrogen (secondary N) is 1. The summed E-state index contributed by atoms with van der Waals surface area (Å²) in [6, 6.07) is 7.72. The molecule has 0 unspecified atom stereocenters. The van der Waals surface area contributed by atoms with E-state index >= 15 is 0 Å². The van der Waals surface area contributed by atoms with Gasteiger partial charge < -0.3 is 14.8 Å². The summed E-state index contributed by atoms with van der Waals surface area (Å²) in [5, 5.41) is 3.38.